The molecular weight excluding hydrogens is 670 g/mol. The lowest BCUT2D eigenvalue weighted by Crippen LogP contribution is -2.55. The molecule has 13 nitrogen and oxygen atoms in total. The molecule has 6 rings (SSSR count). The van der Waals surface area contributed by atoms with E-state index in [1.807, 2.05) is 44.2 Å². The van der Waals surface area contributed by atoms with E-state index in [0.717, 1.165) is 39.1 Å². The summed E-state index contributed by atoms with van der Waals surface area (Å²) in [5, 5.41) is 28.2. The lowest BCUT2D eigenvalue weighted by atomic mass is 9.78. The summed E-state index contributed by atoms with van der Waals surface area (Å²) in [6.45, 7) is 3.71. The monoisotopic (exact) mass is 717 g/mol. The molecule has 1 saturated carbocycles. The molecule has 9 N–H and O–H groups in total. The number of benzene rings is 3. The van der Waals surface area contributed by atoms with Gasteiger partial charge in [-0.2, -0.15) is 4.98 Å². The number of aromatic nitrogens is 4. The van der Waals surface area contributed by atoms with Gasteiger partial charge in [0.05, 0.1) is 18.2 Å². The summed E-state index contributed by atoms with van der Waals surface area (Å²) in [5.41, 5.74) is 18.6. The molecule has 13 heteroatoms. The van der Waals surface area contributed by atoms with Gasteiger partial charge in [0.25, 0.3) is 0 Å². The molecule has 1 aliphatic rings. The maximum atomic E-state index is 14.3. The first-order valence-corrected chi connectivity index (χ1v) is 18.0. The van der Waals surface area contributed by atoms with Crippen LogP contribution < -0.4 is 22.1 Å². The maximum absolute atomic E-state index is 14.3. The van der Waals surface area contributed by atoms with Crippen LogP contribution in [0.25, 0.3) is 11.1 Å². The molecule has 0 radical (unpaired) electrons. The standard InChI is InChI=1S/C40H47N9O4/c1-23-16-31(50)17-24(2)32(23)20-33(46-39(52)36(41)28-12-14-29(15-13-28)37(42)43)38(51)47-34(19-30-21-44-22-45-30)40-48-35(49-53-40)18-25-8-10-27(11-9-25)26-6-4-3-5-7-26/h3-11,16-17,21-22,28-29,33-34,36,50H,12-15,18-20,41H2,1-2H3,(H3,42,43)(H,44,45)(H,46,52)(H,47,51)/t28?,29?,33-,34-,36?/m0/s1. The number of hydrogen-bond donors (Lipinski definition) is 7. The number of aromatic amines is 1. The van der Waals surface area contributed by atoms with E-state index in [0.29, 0.717) is 37.9 Å². The largest absolute Gasteiger partial charge is 0.508 e. The van der Waals surface area contributed by atoms with Gasteiger partial charge in [-0.05, 0) is 91.0 Å². The number of amidine groups is 1. The van der Waals surface area contributed by atoms with Crippen LogP contribution in [0, 0.1) is 31.1 Å². The minimum atomic E-state index is -1.01. The fraction of sp³-hybridized carbons (Fsp3) is 0.350. The number of phenolic OH excluding ortho intramolecular Hbond substituents is 1. The van der Waals surface area contributed by atoms with Gasteiger partial charge in [0.1, 0.15) is 17.8 Å². The van der Waals surface area contributed by atoms with E-state index in [1.54, 1.807) is 24.7 Å². The van der Waals surface area contributed by atoms with Crippen LogP contribution in [0.2, 0.25) is 0 Å². The third-order valence-electron chi connectivity index (χ3n) is 10.2. The topological polar surface area (TPSA) is 222 Å². The highest BCUT2D eigenvalue weighted by molar-refractivity contribution is 5.90. The van der Waals surface area contributed by atoms with Crippen molar-refractivity contribution in [3.05, 3.63) is 119 Å². The lowest BCUT2D eigenvalue weighted by Gasteiger charge is -2.32. The van der Waals surface area contributed by atoms with Crippen LogP contribution in [0.5, 0.6) is 5.75 Å². The highest BCUT2D eigenvalue weighted by atomic mass is 16.5. The van der Waals surface area contributed by atoms with Crippen molar-refractivity contribution in [1.29, 1.82) is 5.41 Å². The number of imidazole rings is 1. The first-order valence-electron chi connectivity index (χ1n) is 18.0. The number of aryl methyl sites for hydroxylation is 2. The number of phenols is 1. The fourth-order valence-electron chi connectivity index (χ4n) is 7.17. The van der Waals surface area contributed by atoms with Gasteiger partial charge in [0, 0.05) is 37.1 Å². The summed E-state index contributed by atoms with van der Waals surface area (Å²) >= 11 is 0. The molecule has 2 aromatic heterocycles. The summed E-state index contributed by atoms with van der Waals surface area (Å²) in [6.07, 6.45) is 6.77. The average molecular weight is 718 g/mol. The Hall–Kier alpha value is -5.82. The van der Waals surface area contributed by atoms with E-state index in [9.17, 15) is 14.7 Å². The molecule has 1 unspecified atom stereocenters. The second kappa shape index (κ2) is 16.7. The quantitative estimate of drug-likeness (QED) is 0.0631. The number of nitrogens with zero attached hydrogens (tertiary/aromatic N) is 3. The second-order valence-corrected chi connectivity index (χ2v) is 14.0. The van der Waals surface area contributed by atoms with Crippen LogP contribution in [0.15, 0.2) is 83.8 Å². The summed E-state index contributed by atoms with van der Waals surface area (Å²) in [4.78, 5) is 39.9. The van der Waals surface area contributed by atoms with Crippen molar-refractivity contribution >= 4 is 17.6 Å². The van der Waals surface area contributed by atoms with Gasteiger partial charge >= 0.3 is 0 Å². The molecule has 3 aromatic carbocycles. The van der Waals surface area contributed by atoms with Crippen molar-refractivity contribution in [3.8, 4) is 16.9 Å². The van der Waals surface area contributed by atoms with E-state index in [4.69, 9.17) is 21.4 Å². The normalized spacial score (nSPS) is 17.4. The Morgan fingerprint density at radius 1 is 0.962 bits per heavy atom. The average Bonchev–Trinajstić information content (AvgIpc) is 3.85. The van der Waals surface area contributed by atoms with E-state index >= 15 is 0 Å². The molecule has 2 heterocycles. The van der Waals surface area contributed by atoms with Crippen molar-refractivity contribution in [2.24, 2.45) is 23.3 Å². The SMILES string of the molecule is Cc1cc(O)cc(C)c1C[C@H](NC(=O)C(N)C1CCC(C(=N)N)CC1)C(=O)N[C@@H](Cc1cnc[nH]1)c1nc(Cc2ccc(-c3ccccc3)cc2)no1. The molecule has 3 atom stereocenters. The Morgan fingerprint density at radius 2 is 1.64 bits per heavy atom. The van der Waals surface area contributed by atoms with Gasteiger partial charge < -0.3 is 36.7 Å². The third-order valence-corrected chi connectivity index (χ3v) is 10.2. The zero-order valence-electron chi connectivity index (χ0n) is 30.0. The number of carbonyl (C=O) groups is 2. The first kappa shape index (κ1) is 37.0. The third kappa shape index (κ3) is 9.35. The van der Waals surface area contributed by atoms with Gasteiger partial charge in [-0.3, -0.25) is 15.0 Å². The number of nitrogens with two attached hydrogens (primary N) is 2. The molecule has 5 aromatic rings. The number of hydrogen-bond acceptors (Lipinski definition) is 9. The minimum Gasteiger partial charge on any atom is -0.508 e. The summed E-state index contributed by atoms with van der Waals surface area (Å²) in [7, 11) is 0. The minimum absolute atomic E-state index is 0.00213. The van der Waals surface area contributed by atoms with E-state index in [2.05, 4.69) is 55.0 Å². The van der Waals surface area contributed by atoms with Gasteiger partial charge in [0.15, 0.2) is 5.82 Å². The fourth-order valence-corrected chi connectivity index (χ4v) is 7.17. The number of H-pyrrole nitrogens is 1. The number of rotatable bonds is 14. The zero-order valence-corrected chi connectivity index (χ0v) is 30.0. The highest BCUT2D eigenvalue weighted by Crippen LogP contribution is 2.31. The Kier molecular flexibility index (Phi) is 11.6. The van der Waals surface area contributed by atoms with Gasteiger partial charge in [-0.15, -0.1) is 0 Å². The maximum Gasteiger partial charge on any atom is 0.249 e. The molecule has 2 amide bonds. The Labute approximate surface area is 308 Å². The van der Waals surface area contributed by atoms with E-state index < -0.39 is 29.9 Å². The molecule has 1 aliphatic carbocycles. The molecule has 0 bridgehead atoms. The van der Waals surface area contributed by atoms with Crippen LogP contribution in [0.1, 0.15) is 71.4 Å². The van der Waals surface area contributed by atoms with Crippen LogP contribution in [-0.4, -0.2) is 54.9 Å². The smallest absolute Gasteiger partial charge is 0.249 e. The summed E-state index contributed by atoms with van der Waals surface area (Å²) < 4.78 is 5.75. The Bertz CT molecular complexity index is 1980. The van der Waals surface area contributed by atoms with Crippen LogP contribution in [0.4, 0.5) is 0 Å². The van der Waals surface area contributed by atoms with Crippen molar-refractivity contribution in [2.75, 3.05) is 0 Å². The molecule has 0 saturated heterocycles. The van der Waals surface area contributed by atoms with E-state index in [-0.39, 0.29) is 42.2 Å². The number of aromatic hydroxyl groups is 1. The number of carbonyl (C=O) groups excluding carboxylic acids is 2. The van der Waals surface area contributed by atoms with E-state index in [1.165, 1.54) is 0 Å². The highest BCUT2D eigenvalue weighted by Gasteiger charge is 2.34. The zero-order chi connectivity index (χ0) is 37.5. The Balaban J connectivity index is 1.21. The van der Waals surface area contributed by atoms with Gasteiger partial charge in [-0.1, -0.05) is 59.8 Å². The van der Waals surface area contributed by atoms with Gasteiger partial charge in [0.2, 0.25) is 17.7 Å². The second-order valence-electron chi connectivity index (χ2n) is 14.0. The number of nitrogens with one attached hydrogen (secondary N) is 4. The summed E-state index contributed by atoms with van der Waals surface area (Å²) in [5.74, 6) is -0.0488. The van der Waals surface area contributed by atoms with Crippen LogP contribution >= 0.6 is 0 Å². The van der Waals surface area contributed by atoms with Crippen LogP contribution in [0.3, 0.4) is 0 Å². The molecule has 1 fully saturated rings. The van der Waals surface area contributed by atoms with Crippen molar-refractivity contribution in [2.45, 2.75) is 76.9 Å². The summed E-state index contributed by atoms with van der Waals surface area (Å²) in [6, 6.07) is 19.0. The Morgan fingerprint density at radius 3 is 2.28 bits per heavy atom. The first-order chi connectivity index (χ1) is 25.5. The molecule has 0 aliphatic heterocycles. The molecule has 276 valence electrons. The molecular formula is C40H47N9O4. The van der Waals surface area contributed by atoms with Crippen molar-refractivity contribution in [3.63, 3.8) is 0 Å². The van der Waals surface area contributed by atoms with Crippen molar-refractivity contribution < 1.29 is 19.2 Å². The van der Waals surface area contributed by atoms with Crippen LogP contribution in [-0.2, 0) is 28.9 Å². The van der Waals surface area contributed by atoms with Crippen molar-refractivity contribution in [1.82, 2.24) is 30.7 Å². The predicted molar refractivity (Wildman–Crippen MR) is 201 cm³/mol. The predicted octanol–water partition coefficient (Wildman–Crippen LogP) is 4.57. The molecule has 0 spiro atoms. The number of amides is 2. The van der Waals surface area contributed by atoms with Gasteiger partial charge in [-0.25, -0.2) is 4.98 Å². The lowest BCUT2D eigenvalue weighted by molar-refractivity contribution is -0.131. The molecule has 53 heavy (non-hydrogen) atoms.